The third-order valence-corrected chi connectivity index (χ3v) is 5.39. The number of carboxylic acid groups (broad SMARTS) is 4. The number of carboxylic acids is 4. The average Bonchev–Trinajstić information content (AvgIpc) is 2.76. The van der Waals surface area contributed by atoms with Crippen LogP contribution in [0.2, 0.25) is 0 Å². The molecule has 0 spiro atoms. The van der Waals surface area contributed by atoms with Crippen molar-refractivity contribution in [3.8, 4) is 0 Å². The van der Waals surface area contributed by atoms with Gasteiger partial charge in [0.05, 0.1) is 19.6 Å². The predicted molar refractivity (Wildman–Crippen MR) is 106 cm³/mol. The zero-order chi connectivity index (χ0) is 22.9. The Morgan fingerprint density at radius 3 is 2.00 bits per heavy atom. The van der Waals surface area contributed by atoms with Crippen molar-refractivity contribution in [3.05, 3.63) is 0 Å². The predicted octanol–water partition coefficient (Wildman–Crippen LogP) is -0.0480. The first-order valence-electron chi connectivity index (χ1n) is 10.1. The molecule has 1 aliphatic rings. The number of unbranched alkanes of at least 4 members (excludes halogenated alkanes) is 2. The maximum Gasteiger partial charge on any atom is 0.320 e. The van der Waals surface area contributed by atoms with Crippen LogP contribution in [0.1, 0.15) is 39.5 Å². The quantitative estimate of drug-likeness (QED) is 0.290. The Morgan fingerprint density at radius 2 is 1.53 bits per heavy atom. The monoisotopic (exact) mass is 431 g/mol. The molecule has 0 amide bonds. The van der Waals surface area contributed by atoms with Crippen LogP contribution in [0.5, 0.6) is 0 Å². The Bertz CT molecular complexity index is 613. The minimum absolute atomic E-state index is 0.109. The number of aliphatic carboxylic acids is 4. The fourth-order valence-electron chi connectivity index (χ4n) is 4.00. The molecule has 1 aliphatic heterocycles. The molecular formula is C19H33N3O8. The van der Waals surface area contributed by atoms with Gasteiger partial charge in [0.15, 0.2) is 0 Å². The molecule has 1 unspecified atom stereocenters. The van der Waals surface area contributed by atoms with E-state index in [0.717, 1.165) is 12.8 Å². The molecule has 0 saturated carbocycles. The summed E-state index contributed by atoms with van der Waals surface area (Å²) in [6, 6.07) is -0.808. The summed E-state index contributed by atoms with van der Waals surface area (Å²) in [5.41, 5.74) is -1.07. The van der Waals surface area contributed by atoms with Gasteiger partial charge in [-0.05, 0) is 13.3 Å². The van der Waals surface area contributed by atoms with Crippen LogP contribution in [-0.4, -0.2) is 116 Å². The van der Waals surface area contributed by atoms with Crippen molar-refractivity contribution in [3.63, 3.8) is 0 Å². The van der Waals surface area contributed by atoms with E-state index in [9.17, 15) is 39.6 Å². The molecule has 0 aromatic heterocycles. The minimum atomic E-state index is -1.21. The van der Waals surface area contributed by atoms with Gasteiger partial charge in [0.25, 0.3) is 0 Å². The lowest BCUT2D eigenvalue weighted by molar-refractivity contribution is -0.149. The van der Waals surface area contributed by atoms with Crippen LogP contribution in [-0.2, 0) is 19.2 Å². The van der Waals surface area contributed by atoms with Crippen molar-refractivity contribution in [1.82, 2.24) is 14.7 Å². The van der Waals surface area contributed by atoms with Gasteiger partial charge in [-0.1, -0.05) is 26.2 Å². The van der Waals surface area contributed by atoms with Crippen LogP contribution < -0.4 is 0 Å². The van der Waals surface area contributed by atoms with E-state index in [-0.39, 0.29) is 26.2 Å². The van der Waals surface area contributed by atoms with E-state index in [1.165, 1.54) is 4.90 Å². The topological polar surface area (TPSA) is 159 Å². The molecule has 30 heavy (non-hydrogen) atoms. The van der Waals surface area contributed by atoms with Gasteiger partial charge in [-0.15, -0.1) is 0 Å². The highest BCUT2D eigenvalue weighted by Crippen LogP contribution is 2.24. The summed E-state index contributed by atoms with van der Waals surface area (Å²) in [5.74, 6) is -4.48. The third kappa shape index (κ3) is 8.25. The molecule has 0 radical (unpaired) electrons. The van der Waals surface area contributed by atoms with E-state index >= 15 is 0 Å². The molecule has 0 bridgehead atoms. The Hall–Kier alpha value is -2.24. The lowest BCUT2D eigenvalue weighted by Gasteiger charge is -2.43. The largest absolute Gasteiger partial charge is 0.480 e. The van der Waals surface area contributed by atoms with Crippen molar-refractivity contribution in [2.75, 3.05) is 45.8 Å². The van der Waals surface area contributed by atoms with Crippen LogP contribution in [0.15, 0.2) is 0 Å². The number of hydrogen-bond donors (Lipinski definition) is 4. The fraction of sp³-hybridized carbons (Fsp3) is 0.789. The van der Waals surface area contributed by atoms with Crippen LogP contribution >= 0.6 is 0 Å². The van der Waals surface area contributed by atoms with E-state index in [4.69, 9.17) is 0 Å². The van der Waals surface area contributed by atoms with Gasteiger partial charge in [0.2, 0.25) is 0 Å². The molecule has 11 heteroatoms. The van der Waals surface area contributed by atoms with Gasteiger partial charge >= 0.3 is 23.9 Å². The van der Waals surface area contributed by atoms with Crippen molar-refractivity contribution < 1.29 is 39.6 Å². The Balaban J connectivity index is 3.24. The molecule has 1 saturated heterocycles. The molecule has 0 aromatic carbocycles. The standard InChI is InChI=1S/C19H33N3O8/c1-3-4-5-6-14(18(29)30)21-8-7-20(9-15(23)24)12-19(2,13-21)22(10-16(25)26)11-17(27)28/h14H,3-13H2,1-2H3,(H,23,24)(H,25,26)(H,27,28)(H,29,30)/t14-,19?/m1/s1. The van der Waals surface area contributed by atoms with Crippen LogP contribution in [0.25, 0.3) is 0 Å². The van der Waals surface area contributed by atoms with E-state index in [2.05, 4.69) is 0 Å². The van der Waals surface area contributed by atoms with Crippen molar-refractivity contribution in [2.45, 2.75) is 51.1 Å². The van der Waals surface area contributed by atoms with Gasteiger partial charge in [-0.3, -0.25) is 33.9 Å². The highest BCUT2D eigenvalue weighted by molar-refractivity contribution is 5.74. The van der Waals surface area contributed by atoms with Gasteiger partial charge in [0, 0.05) is 31.7 Å². The first kappa shape index (κ1) is 25.8. The lowest BCUT2D eigenvalue weighted by atomic mass is 9.96. The van der Waals surface area contributed by atoms with Gasteiger partial charge in [-0.25, -0.2) is 0 Å². The summed E-state index contributed by atoms with van der Waals surface area (Å²) in [6.07, 6.45) is 2.94. The van der Waals surface area contributed by atoms with Gasteiger partial charge < -0.3 is 20.4 Å². The summed E-state index contributed by atoms with van der Waals surface area (Å²) in [5, 5.41) is 37.5. The second kappa shape index (κ2) is 11.8. The zero-order valence-electron chi connectivity index (χ0n) is 17.6. The van der Waals surface area contributed by atoms with Crippen molar-refractivity contribution >= 4 is 23.9 Å². The number of rotatable bonds is 13. The number of nitrogens with zero attached hydrogens (tertiary/aromatic N) is 3. The highest BCUT2D eigenvalue weighted by Gasteiger charge is 2.42. The van der Waals surface area contributed by atoms with Crippen LogP contribution in [0.3, 0.4) is 0 Å². The molecule has 1 rings (SSSR count). The molecule has 1 fully saturated rings. The van der Waals surface area contributed by atoms with E-state index in [1.807, 2.05) is 6.92 Å². The maximum atomic E-state index is 11.9. The molecule has 2 atom stereocenters. The number of hydrogen-bond acceptors (Lipinski definition) is 7. The fourth-order valence-corrected chi connectivity index (χ4v) is 4.00. The normalized spacial score (nSPS) is 21.8. The maximum absolute atomic E-state index is 11.9. The molecule has 11 nitrogen and oxygen atoms in total. The Kier molecular flexibility index (Phi) is 10.2. The van der Waals surface area contributed by atoms with E-state index in [0.29, 0.717) is 19.4 Å². The molecular weight excluding hydrogens is 398 g/mol. The van der Waals surface area contributed by atoms with Gasteiger partial charge in [-0.2, -0.15) is 0 Å². The second-order valence-electron chi connectivity index (χ2n) is 8.07. The Morgan fingerprint density at radius 1 is 0.933 bits per heavy atom. The molecule has 4 N–H and O–H groups in total. The Labute approximate surface area is 175 Å². The SMILES string of the molecule is CCCCC[C@H](C(=O)O)N1CCN(CC(=O)O)CC(C)(N(CC(=O)O)CC(=O)O)C1. The lowest BCUT2D eigenvalue weighted by Crippen LogP contribution is -2.61. The second-order valence-corrected chi connectivity index (χ2v) is 8.07. The molecule has 0 aliphatic carbocycles. The number of carbonyl (C=O) groups is 4. The summed E-state index contributed by atoms with van der Waals surface area (Å²) in [6.45, 7) is 3.08. The zero-order valence-corrected chi connectivity index (χ0v) is 17.6. The molecule has 1 heterocycles. The van der Waals surface area contributed by atoms with Crippen LogP contribution in [0.4, 0.5) is 0 Å². The first-order valence-corrected chi connectivity index (χ1v) is 10.1. The summed E-state index contributed by atoms with van der Waals surface area (Å²) >= 11 is 0. The molecule has 172 valence electrons. The highest BCUT2D eigenvalue weighted by atomic mass is 16.4. The van der Waals surface area contributed by atoms with Gasteiger partial charge in [0.1, 0.15) is 6.04 Å². The first-order chi connectivity index (χ1) is 14.0. The van der Waals surface area contributed by atoms with E-state index in [1.54, 1.807) is 16.7 Å². The summed E-state index contributed by atoms with van der Waals surface area (Å²) in [7, 11) is 0. The summed E-state index contributed by atoms with van der Waals surface area (Å²) in [4.78, 5) is 50.5. The van der Waals surface area contributed by atoms with Crippen molar-refractivity contribution in [2.24, 2.45) is 0 Å². The minimum Gasteiger partial charge on any atom is -0.480 e. The molecule has 0 aromatic rings. The smallest absolute Gasteiger partial charge is 0.320 e. The average molecular weight is 431 g/mol. The summed E-state index contributed by atoms with van der Waals surface area (Å²) < 4.78 is 0. The van der Waals surface area contributed by atoms with Crippen LogP contribution in [0, 0.1) is 0 Å². The van der Waals surface area contributed by atoms with Crippen molar-refractivity contribution in [1.29, 1.82) is 0 Å². The third-order valence-electron chi connectivity index (χ3n) is 5.39. The van der Waals surface area contributed by atoms with E-state index < -0.39 is 48.5 Å².